The van der Waals surface area contributed by atoms with E-state index in [-0.39, 0.29) is 22.3 Å². The Labute approximate surface area is 42.7 Å². The molecule has 0 amide bonds. The predicted octanol–water partition coefficient (Wildman–Crippen LogP) is -1.59. The molecular weight excluding hydrogens is 118 g/mol. The van der Waals surface area contributed by atoms with Crippen molar-refractivity contribution in [1.29, 1.82) is 0 Å². The fourth-order valence-electron chi connectivity index (χ4n) is 0. The van der Waals surface area contributed by atoms with E-state index in [0.29, 0.717) is 16.2 Å². The number of hydrogen-bond acceptors (Lipinski definition) is 1. The van der Waals surface area contributed by atoms with Crippen LogP contribution in [-0.2, 0) is 20.6 Å². The van der Waals surface area contributed by atoms with Crippen LogP contribution < -0.4 is 0 Å². The Bertz CT molecular complexity index is 6.00. The van der Waals surface area contributed by atoms with Gasteiger partial charge >= 0.3 is 20.0 Å². The topological polar surface area (TPSA) is 48.6 Å². The van der Waals surface area contributed by atoms with E-state index in [1.807, 2.05) is 0 Å². The zero-order valence-corrected chi connectivity index (χ0v) is 4.40. The molecule has 0 unspecified atom stereocenters. The third-order valence-corrected chi connectivity index (χ3v) is 0. The maximum absolute atomic E-state index is 8.28. The second kappa shape index (κ2) is 46.6. The first kappa shape index (κ1) is 21.4. The molecule has 0 atom stereocenters. The Morgan fingerprint density at radius 1 is 1.25 bits per heavy atom. The summed E-state index contributed by atoms with van der Waals surface area (Å²) in [5.41, 5.74) is 0. The first-order chi connectivity index (χ1) is 1.00. The molecule has 27 valence electrons. The van der Waals surface area contributed by atoms with Crippen molar-refractivity contribution in [2.75, 3.05) is 0 Å². The van der Waals surface area contributed by atoms with Crippen molar-refractivity contribution in [2.24, 2.45) is 0 Å². The monoisotopic (exact) mass is 121 g/mol. The van der Waals surface area contributed by atoms with Gasteiger partial charge in [0.1, 0.15) is 0 Å². The maximum atomic E-state index is 8.28. The second-order valence-corrected chi connectivity index (χ2v) is 0. The summed E-state index contributed by atoms with van der Waals surface area (Å²) in [6, 6.07) is 0. The fourth-order valence-corrected chi connectivity index (χ4v) is 0. The van der Waals surface area contributed by atoms with Gasteiger partial charge in [0.25, 0.3) is 0 Å². The Hall–Kier alpha value is 0.799. The Morgan fingerprint density at radius 2 is 1.25 bits per heavy atom. The van der Waals surface area contributed by atoms with Gasteiger partial charge in [-0.3, -0.25) is 0 Å². The molecule has 0 aromatic heterocycles. The molecule has 2 nitrogen and oxygen atoms in total. The first-order valence-electron chi connectivity index (χ1n) is 0.289. The van der Waals surface area contributed by atoms with Gasteiger partial charge in [0.05, 0.1) is 0 Å². The van der Waals surface area contributed by atoms with Crippen LogP contribution in [0.5, 0.6) is 0 Å². The normalized spacial score (nSPS) is 0.750. The summed E-state index contributed by atoms with van der Waals surface area (Å²) in [5, 5.41) is 0. The second-order valence-electron chi connectivity index (χ2n) is 0. The summed E-state index contributed by atoms with van der Waals surface area (Å²) in [6.45, 7) is 0. The third-order valence-electron chi connectivity index (χ3n) is 0. The van der Waals surface area contributed by atoms with Crippen molar-refractivity contribution >= 4 is 16.2 Å². The molecule has 0 aliphatic rings. The van der Waals surface area contributed by atoms with Crippen LogP contribution in [0.15, 0.2) is 0 Å². The van der Waals surface area contributed by atoms with Crippen LogP contribution in [0.3, 0.4) is 0 Å². The van der Waals surface area contributed by atoms with Crippen LogP contribution in [0.2, 0.25) is 0 Å². The molecule has 0 spiro atoms. The minimum atomic E-state index is 0. The van der Waals surface area contributed by atoms with E-state index in [1.54, 1.807) is 0 Å². The van der Waals surface area contributed by atoms with E-state index < -0.39 is 0 Å². The fraction of sp³-hybridized carbons (Fsp3) is 0. The summed E-state index contributed by atoms with van der Waals surface area (Å²) in [6.07, 6.45) is 0. The van der Waals surface area contributed by atoms with Crippen molar-refractivity contribution < 1.29 is 26.1 Å². The van der Waals surface area contributed by atoms with Crippen LogP contribution in [0.25, 0.3) is 0 Å². The van der Waals surface area contributed by atoms with Crippen LogP contribution in [0.1, 0.15) is 0 Å². The van der Waals surface area contributed by atoms with Crippen molar-refractivity contribution in [2.45, 2.75) is 0 Å². The summed E-state index contributed by atoms with van der Waals surface area (Å²) >= 11 is 0.611. The molecule has 0 aliphatic heterocycles. The summed E-state index contributed by atoms with van der Waals surface area (Å²) in [4.78, 5) is 0. The average molecular weight is 121 g/mol. The van der Waals surface area contributed by atoms with E-state index in [0.717, 1.165) is 0 Å². The Balaban J connectivity index is -0.00000000500. The number of rotatable bonds is 0. The van der Waals surface area contributed by atoms with Gasteiger partial charge in [-0.2, -0.15) is 0 Å². The predicted molar refractivity (Wildman–Crippen MR) is 11.4 cm³/mol. The molecule has 4 heavy (non-hydrogen) atoms. The zero-order valence-electron chi connectivity index (χ0n) is 1.95. The van der Waals surface area contributed by atoms with Crippen molar-refractivity contribution in [1.82, 2.24) is 0 Å². The van der Waals surface area contributed by atoms with Crippen molar-refractivity contribution in [3.8, 4) is 0 Å². The molecule has 0 aliphatic carbocycles. The summed E-state index contributed by atoms with van der Waals surface area (Å²) < 4.78 is 8.28. The minimum absolute atomic E-state index is 0. The van der Waals surface area contributed by atoms with E-state index in [4.69, 9.17) is 3.80 Å². The molecule has 0 rings (SSSR count). The third kappa shape index (κ3) is 14.2. The van der Waals surface area contributed by atoms with Crippen LogP contribution in [-0.4, -0.2) is 21.7 Å². The van der Waals surface area contributed by atoms with Crippen LogP contribution in [0.4, 0.5) is 0 Å². The summed E-state index contributed by atoms with van der Waals surface area (Å²) in [7, 11) is 0. The van der Waals surface area contributed by atoms with Gasteiger partial charge in [-0.05, 0) is 0 Å². The van der Waals surface area contributed by atoms with Gasteiger partial charge < -0.3 is 5.48 Å². The van der Waals surface area contributed by atoms with E-state index in [1.165, 1.54) is 0 Å². The van der Waals surface area contributed by atoms with Crippen LogP contribution >= 0.6 is 0 Å². The van der Waals surface area contributed by atoms with Gasteiger partial charge in [0.15, 0.2) is 0 Å². The standard InChI is InChI=1S/Al.Co.H2O.O.H/h;;1H2;;. The van der Waals surface area contributed by atoms with E-state index in [2.05, 4.69) is 0 Å². The van der Waals surface area contributed by atoms with Crippen LogP contribution in [0, 0.1) is 0 Å². The molecule has 1 radical (unpaired) electrons. The van der Waals surface area contributed by atoms with E-state index in [9.17, 15) is 0 Å². The van der Waals surface area contributed by atoms with Gasteiger partial charge in [0, 0.05) is 16.8 Å². The average Bonchev–Trinajstić information content (AvgIpc) is 1.00. The molecular formula is H3AlCoO2. The summed E-state index contributed by atoms with van der Waals surface area (Å²) in [5.74, 6) is 0. The molecule has 0 aromatic rings. The SMILES string of the molecule is O.[Co].[O]=[AlH]. The Morgan fingerprint density at radius 3 is 1.25 bits per heavy atom. The van der Waals surface area contributed by atoms with Gasteiger partial charge in [0.2, 0.25) is 0 Å². The van der Waals surface area contributed by atoms with E-state index >= 15 is 0 Å². The van der Waals surface area contributed by atoms with Crippen molar-refractivity contribution in [3.63, 3.8) is 0 Å². The number of hydrogen-bond donors (Lipinski definition) is 0. The molecule has 2 N–H and O–H groups in total. The first-order valence-corrected chi connectivity index (χ1v) is 0.866. The zero-order chi connectivity index (χ0) is 2.00. The molecule has 0 bridgehead atoms. The molecule has 4 heteroatoms. The van der Waals surface area contributed by atoms with Crippen molar-refractivity contribution in [3.05, 3.63) is 0 Å². The Kier molecular flexibility index (Phi) is 249. The molecule has 0 saturated carbocycles. The molecule has 0 fully saturated rings. The molecule has 0 heterocycles. The molecule has 0 saturated heterocycles. The van der Waals surface area contributed by atoms with Gasteiger partial charge in [-0.25, -0.2) is 0 Å². The van der Waals surface area contributed by atoms with Gasteiger partial charge in [-0.1, -0.05) is 0 Å². The quantitative estimate of drug-likeness (QED) is 0.356. The van der Waals surface area contributed by atoms with Gasteiger partial charge in [-0.15, -0.1) is 0 Å². The molecule has 0 aromatic carbocycles.